The van der Waals surface area contributed by atoms with Crippen molar-refractivity contribution in [3.63, 3.8) is 0 Å². The summed E-state index contributed by atoms with van der Waals surface area (Å²) in [7, 11) is 0. The summed E-state index contributed by atoms with van der Waals surface area (Å²) in [6, 6.07) is 9.21. The Morgan fingerprint density at radius 1 is 1.38 bits per heavy atom. The van der Waals surface area contributed by atoms with Gasteiger partial charge in [0.2, 0.25) is 5.88 Å². The van der Waals surface area contributed by atoms with Gasteiger partial charge in [0.15, 0.2) is 0 Å². The third kappa shape index (κ3) is 4.15. The number of nitrogens with one attached hydrogen (secondary N) is 1. The van der Waals surface area contributed by atoms with Crippen LogP contribution in [0, 0.1) is 5.82 Å². The van der Waals surface area contributed by atoms with Crippen molar-refractivity contribution in [3.05, 3.63) is 54.0 Å². The van der Waals surface area contributed by atoms with Crippen LogP contribution in [0.5, 0.6) is 5.88 Å². The summed E-state index contributed by atoms with van der Waals surface area (Å²) in [5, 5.41) is 2.56. The van der Waals surface area contributed by atoms with Crippen molar-refractivity contribution in [1.29, 1.82) is 0 Å². The van der Waals surface area contributed by atoms with Crippen molar-refractivity contribution in [2.75, 3.05) is 18.5 Å². The molecule has 2 heterocycles. The number of carbonyl (C=O) groups excluding carboxylic acids is 1. The SMILES string of the molecule is C[C@@]1(c2cc(NC(=O)Oc3ccccn3)ccc2F)CCOCC(N)=N1. The van der Waals surface area contributed by atoms with Crippen molar-refractivity contribution in [2.24, 2.45) is 10.7 Å². The molecule has 1 aliphatic heterocycles. The van der Waals surface area contributed by atoms with Crippen LogP contribution in [0.4, 0.5) is 14.9 Å². The van der Waals surface area contributed by atoms with Crippen LogP contribution in [0.25, 0.3) is 0 Å². The third-order valence-electron chi connectivity index (χ3n) is 4.00. The summed E-state index contributed by atoms with van der Waals surface area (Å²) < 4.78 is 24.9. The molecule has 1 amide bonds. The molecular weight excluding hydrogens is 339 g/mol. The number of nitrogens with zero attached hydrogens (tertiary/aromatic N) is 2. The van der Waals surface area contributed by atoms with E-state index < -0.39 is 17.4 Å². The van der Waals surface area contributed by atoms with E-state index in [0.29, 0.717) is 30.1 Å². The fourth-order valence-electron chi connectivity index (χ4n) is 2.71. The quantitative estimate of drug-likeness (QED) is 0.879. The molecule has 7 nitrogen and oxygen atoms in total. The van der Waals surface area contributed by atoms with Crippen molar-refractivity contribution >= 4 is 17.6 Å². The van der Waals surface area contributed by atoms with E-state index in [1.807, 2.05) is 0 Å². The number of aliphatic imine (C=N–C) groups is 1. The summed E-state index contributed by atoms with van der Waals surface area (Å²) in [6.45, 7) is 2.40. The van der Waals surface area contributed by atoms with Gasteiger partial charge in [-0.1, -0.05) is 6.07 Å². The van der Waals surface area contributed by atoms with Gasteiger partial charge in [-0.15, -0.1) is 0 Å². The number of aromatic nitrogens is 1. The number of pyridine rings is 1. The van der Waals surface area contributed by atoms with E-state index in [2.05, 4.69) is 15.3 Å². The van der Waals surface area contributed by atoms with Crippen LogP contribution in [0.15, 0.2) is 47.6 Å². The highest BCUT2D eigenvalue weighted by Gasteiger charge is 2.31. The first kappa shape index (κ1) is 17.8. The number of carbonyl (C=O) groups is 1. The number of hydrogen-bond donors (Lipinski definition) is 2. The number of benzene rings is 1. The number of halogens is 1. The van der Waals surface area contributed by atoms with E-state index in [1.54, 1.807) is 25.1 Å². The second-order valence-electron chi connectivity index (χ2n) is 6.06. The standard InChI is InChI=1S/C18H19FN4O3/c1-18(7-9-25-11-15(20)23-18)13-10-12(5-6-14(13)19)22-17(24)26-16-4-2-3-8-21-16/h2-6,8,10H,7,9,11H2,1H3,(H2,20,23)(H,22,24)/t18-/m0/s1. The van der Waals surface area contributed by atoms with Crippen molar-refractivity contribution in [1.82, 2.24) is 4.98 Å². The number of amides is 1. The second-order valence-corrected chi connectivity index (χ2v) is 6.06. The van der Waals surface area contributed by atoms with Crippen LogP contribution in [-0.2, 0) is 10.3 Å². The molecule has 0 bridgehead atoms. The average molecular weight is 358 g/mol. The maximum atomic E-state index is 14.4. The van der Waals surface area contributed by atoms with Gasteiger partial charge in [0, 0.05) is 30.1 Å². The van der Waals surface area contributed by atoms with Gasteiger partial charge in [0.05, 0.1) is 5.54 Å². The average Bonchev–Trinajstić information content (AvgIpc) is 2.78. The zero-order valence-electron chi connectivity index (χ0n) is 14.2. The van der Waals surface area contributed by atoms with Crippen LogP contribution in [-0.4, -0.2) is 30.1 Å². The lowest BCUT2D eigenvalue weighted by Gasteiger charge is -2.25. The van der Waals surface area contributed by atoms with Crippen LogP contribution < -0.4 is 15.8 Å². The van der Waals surface area contributed by atoms with Gasteiger partial charge in [0.1, 0.15) is 18.3 Å². The minimum absolute atomic E-state index is 0.164. The molecule has 0 saturated carbocycles. The summed E-state index contributed by atoms with van der Waals surface area (Å²) in [4.78, 5) is 20.3. The Labute approximate surface area is 150 Å². The number of nitrogens with two attached hydrogens (primary N) is 1. The Morgan fingerprint density at radius 2 is 2.23 bits per heavy atom. The molecule has 2 aromatic rings. The van der Waals surface area contributed by atoms with Crippen LogP contribution in [0.1, 0.15) is 18.9 Å². The Bertz CT molecular complexity index is 828. The Morgan fingerprint density at radius 3 is 3.00 bits per heavy atom. The third-order valence-corrected chi connectivity index (χ3v) is 4.00. The maximum absolute atomic E-state index is 14.4. The number of hydrogen-bond acceptors (Lipinski definition) is 6. The van der Waals surface area contributed by atoms with Gasteiger partial charge < -0.3 is 15.2 Å². The fraction of sp³-hybridized carbons (Fsp3) is 0.278. The largest absolute Gasteiger partial charge is 0.418 e. The number of anilines is 1. The molecule has 0 fully saturated rings. The highest BCUT2D eigenvalue weighted by Crippen LogP contribution is 2.34. The van der Waals surface area contributed by atoms with Crippen LogP contribution >= 0.6 is 0 Å². The van der Waals surface area contributed by atoms with E-state index in [0.717, 1.165) is 0 Å². The summed E-state index contributed by atoms with van der Waals surface area (Å²) in [6.07, 6.45) is 1.25. The Kier molecular flexibility index (Phi) is 5.13. The summed E-state index contributed by atoms with van der Waals surface area (Å²) in [5.74, 6) is 0.0319. The number of ether oxygens (including phenoxy) is 2. The molecule has 0 unspecified atom stereocenters. The van der Waals surface area contributed by atoms with Crippen LogP contribution in [0.2, 0.25) is 0 Å². The molecular formula is C18H19FN4O3. The minimum Gasteiger partial charge on any atom is -0.391 e. The van der Waals surface area contributed by atoms with Crippen molar-refractivity contribution in [2.45, 2.75) is 18.9 Å². The van der Waals surface area contributed by atoms with E-state index >= 15 is 0 Å². The van der Waals surface area contributed by atoms with Crippen LogP contribution in [0.3, 0.4) is 0 Å². The van der Waals surface area contributed by atoms with Gasteiger partial charge >= 0.3 is 6.09 Å². The molecule has 0 aliphatic carbocycles. The zero-order chi connectivity index (χ0) is 18.6. The fourth-order valence-corrected chi connectivity index (χ4v) is 2.71. The lowest BCUT2D eigenvalue weighted by atomic mass is 9.88. The molecule has 0 spiro atoms. The lowest BCUT2D eigenvalue weighted by Crippen LogP contribution is -2.26. The molecule has 3 rings (SSSR count). The zero-order valence-corrected chi connectivity index (χ0v) is 14.2. The molecule has 3 N–H and O–H groups in total. The van der Waals surface area contributed by atoms with Crippen molar-refractivity contribution < 1.29 is 18.7 Å². The monoisotopic (exact) mass is 358 g/mol. The molecule has 1 aliphatic rings. The number of rotatable bonds is 3. The molecule has 0 saturated heterocycles. The van der Waals surface area contributed by atoms with E-state index in [9.17, 15) is 9.18 Å². The first-order valence-electron chi connectivity index (χ1n) is 8.08. The van der Waals surface area contributed by atoms with Gasteiger partial charge in [-0.3, -0.25) is 10.3 Å². The van der Waals surface area contributed by atoms with Gasteiger partial charge in [-0.25, -0.2) is 14.2 Å². The van der Waals surface area contributed by atoms with Gasteiger partial charge in [-0.05, 0) is 37.6 Å². The highest BCUT2D eigenvalue weighted by molar-refractivity contribution is 5.86. The number of amidine groups is 1. The van der Waals surface area contributed by atoms with E-state index in [-0.39, 0.29) is 12.5 Å². The molecule has 1 aromatic heterocycles. The van der Waals surface area contributed by atoms with Gasteiger partial charge in [0.25, 0.3) is 0 Å². The smallest absolute Gasteiger partial charge is 0.391 e. The first-order chi connectivity index (χ1) is 12.5. The minimum atomic E-state index is -0.882. The molecule has 136 valence electrons. The molecule has 1 aromatic carbocycles. The van der Waals surface area contributed by atoms with E-state index in [1.165, 1.54) is 24.4 Å². The Balaban J connectivity index is 1.81. The predicted octanol–water partition coefficient (Wildman–Crippen LogP) is 2.82. The van der Waals surface area contributed by atoms with E-state index in [4.69, 9.17) is 15.2 Å². The Hall–Kier alpha value is -3.00. The van der Waals surface area contributed by atoms with Crippen molar-refractivity contribution in [3.8, 4) is 5.88 Å². The molecule has 0 radical (unpaired) electrons. The predicted molar refractivity (Wildman–Crippen MR) is 94.7 cm³/mol. The lowest BCUT2D eigenvalue weighted by molar-refractivity contribution is 0.158. The molecule has 1 atom stereocenters. The topological polar surface area (TPSA) is 98.8 Å². The van der Waals surface area contributed by atoms with Gasteiger partial charge in [-0.2, -0.15) is 0 Å². The highest BCUT2D eigenvalue weighted by atomic mass is 19.1. The molecule has 26 heavy (non-hydrogen) atoms. The summed E-state index contributed by atoms with van der Waals surface area (Å²) >= 11 is 0. The first-order valence-corrected chi connectivity index (χ1v) is 8.08. The normalized spacial score (nSPS) is 20.0. The second kappa shape index (κ2) is 7.49. The summed E-state index contributed by atoms with van der Waals surface area (Å²) in [5.41, 5.74) is 5.62. The molecule has 8 heteroatoms. The maximum Gasteiger partial charge on any atom is 0.418 e.